The highest BCUT2D eigenvalue weighted by Crippen LogP contribution is 2.27. The lowest BCUT2D eigenvalue weighted by Crippen LogP contribution is -2.40. The summed E-state index contributed by atoms with van der Waals surface area (Å²) in [7, 11) is -0.422. The maximum Gasteiger partial charge on any atom is 0.220 e. The summed E-state index contributed by atoms with van der Waals surface area (Å²) in [4.78, 5) is -0.0476. The molecule has 1 aromatic carbocycles. The fraction of sp³-hybridized carbons (Fsp3) is 0.462. The standard InChI is InChI=1S/C13H20N2O4S2/c1-9(13(14)20)21(16,17)15-7-6-10-4-5-11(18-2)12(8-10)19-3/h4-5,8-9,15H,6-7H2,1-3H3,(H2,14,20). The van der Waals surface area contributed by atoms with Crippen LogP contribution in [0.15, 0.2) is 18.2 Å². The molecular weight excluding hydrogens is 312 g/mol. The van der Waals surface area contributed by atoms with Gasteiger partial charge in [0.2, 0.25) is 10.0 Å². The first-order valence-corrected chi connectivity index (χ1v) is 8.26. The van der Waals surface area contributed by atoms with E-state index < -0.39 is 15.3 Å². The highest BCUT2D eigenvalue weighted by molar-refractivity contribution is 7.93. The van der Waals surface area contributed by atoms with E-state index in [1.165, 1.54) is 6.92 Å². The SMILES string of the molecule is COc1ccc(CCNS(=O)(=O)C(C)C(N)=S)cc1OC. The molecule has 6 nitrogen and oxygen atoms in total. The average Bonchev–Trinajstić information content (AvgIpc) is 2.45. The zero-order chi connectivity index (χ0) is 16.0. The van der Waals surface area contributed by atoms with Crippen molar-refractivity contribution in [1.82, 2.24) is 4.72 Å². The Morgan fingerprint density at radius 2 is 1.95 bits per heavy atom. The Morgan fingerprint density at radius 3 is 2.48 bits per heavy atom. The molecule has 0 aromatic heterocycles. The molecule has 0 saturated heterocycles. The maximum absolute atomic E-state index is 11.9. The minimum atomic E-state index is -3.53. The van der Waals surface area contributed by atoms with Crippen molar-refractivity contribution in [3.05, 3.63) is 23.8 Å². The van der Waals surface area contributed by atoms with Gasteiger partial charge in [-0.2, -0.15) is 0 Å². The lowest BCUT2D eigenvalue weighted by molar-refractivity contribution is 0.354. The van der Waals surface area contributed by atoms with Gasteiger partial charge in [0.15, 0.2) is 11.5 Å². The third-order valence-corrected chi connectivity index (χ3v) is 5.33. The molecule has 1 unspecified atom stereocenters. The van der Waals surface area contributed by atoms with Crippen molar-refractivity contribution in [3.63, 3.8) is 0 Å². The first-order valence-electron chi connectivity index (χ1n) is 6.30. The van der Waals surface area contributed by atoms with Crippen molar-refractivity contribution in [3.8, 4) is 11.5 Å². The summed E-state index contributed by atoms with van der Waals surface area (Å²) in [5, 5.41) is -0.891. The molecule has 0 amide bonds. The van der Waals surface area contributed by atoms with Gasteiger partial charge in [0.05, 0.1) is 19.2 Å². The van der Waals surface area contributed by atoms with Crippen LogP contribution >= 0.6 is 12.2 Å². The van der Waals surface area contributed by atoms with E-state index in [-0.39, 0.29) is 11.5 Å². The van der Waals surface area contributed by atoms with Crippen LogP contribution in [0.25, 0.3) is 0 Å². The van der Waals surface area contributed by atoms with E-state index in [4.69, 9.17) is 27.4 Å². The maximum atomic E-state index is 11.9. The number of nitrogens with two attached hydrogens (primary N) is 1. The number of ether oxygens (including phenoxy) is 2. The minimum absolute atomic E-state index is 0.0476. The number of hydrogen-bond acceptors (Lipinski definition) is 5. The lowest BCUT2D eigenvalue weighted by atomic mass is 10.1. The third kappa shape index (κ3) is 4.83. The van der Waals surface area contributed by atoms with Crippen LogP contribution in [0.1, 0.15) is 12.5 Å². The van der Waals surface area contributed by atoms with Gasteiger partial charge in [-0.05, 0) is 31.0 Å². The Balaban J connectivity index is 2.66. The highest BCUT2D eigenvalue weighted by atomic mass is 32.2. The molecule has 118 valence electrons. The first-order chi connectivity index (χ1) is 9.81. The number of nitrogens with one attached hydrogen (secondary N) is 1. The van der Waals surface area contributed by atoms with E-state index in [2.05, 4.69) is 4.72 Å². The lowest BCUT2D eigenvalue weighted by Gasteiger charge is -2.13. The molecule has 0 aliphatic heterocycles. The summed E-state index contributed by atoms with van der Waals surface area (Å²) < 4.78 is 36.6. The fourth-order valence-electron chi connectivity index (χ4n) is 1.65. The molecule has 3 N–H and O–H groups in total. The molecule has 21 heavy (non-hydrogen) atoms. The van der Waals surface area contributed by atoms with E-state index in [0.717, 1.165) is 5.56 Å². The Hall–Kier alpha value is -1.38. The molecule has 0 aliphatic carbocycles. The van der Waals surface area contributed by atoms with Crippen LogP contribution in [-0.2, 0) is 16.4 Å². The van der Waals surface area contributed by atoms with Gasteiger partial charge in [-0.25, -0.2) is 13.1 Å². The van der Waals surface area contributed by atoms with Crippen molar-refractivity contribution in [2.24, 2.45) is 5.73 Å². The van der Waals surface area contributed by atoms with Crippen LogP contribution in [-0.4, -0.2) is 39.4 Å². The van der Waals surface area contributed by atoms with Crippen LogP contribution in [0.5, 0.6) is 11.5 Å². The molecule has 0 aliphatic rings. The number of thiocarbonyl (C=S) groups is 1. The predicted octanol–water partition coefficient (Wildman–Crippen LogP) is 0.840. The molecule has 1 rings (SSSR count). The molecule has 8 heteroatoms. The summed E-state index contributed by atoms with van der Waals surface area (Å²) in [6, 6.07) is 5.44. The van der Waals surface area contributed by atoms with Crippen LogP contribution < -0.4 is 19.9 Å². The van der Waals surface area contributed by atoms with Gasteiger partial charge in [0.1, 0.15) is 5.25 Å². The van der Waals surface area contributed by atoms with Gasteiger partial charge in [-0.3, -0.25) is 0 Å². The van der Waals surface area contributed by atoms with Crippen molar-refractivity contribution < 1.29 is 17.9 Å². The fourth-order valence-corrected chi connectivity index (χ4v) is 2.97. The van der Waals surface area contributed by atoms with Crippen molar-refractivity contribution in [1.29, 1.82) is 0 Å². The van der Waals surface area contributed by atoms with E-state index in [9.17, 15) is 8.42 Å². The van der Waals surface area contributed by atoms with Gasteiger partial charge in [0.25, 0.3) is 0 Å². The number of benzene rings is 1. The normalized spacial score (nSPS) is 12.7. The average molecular weight is 332 g/mol. The molecular formula is C13H20N2O4S2. The summed E-state index contributed by atoms with van der Waals surface area (Å²) in [6.45, 7) is 1.71. The van der Waals surface area contributed by atoms with Gasteiger partial charge in [-0.15, -0.1) is 0 Å². The van der Waals surface area contributed by atoms with E-state index in [1.807, 2.05) is 12.1 Å². The quantitative estimate of drug-likeness (QED) is 0.686. The van der Waals surface area contributed by atoms with Gasteiger partial charge < -0.3 is 15.2 Å². The highest BCUT2D eigenvalue weighted by Gasteiger charge is 2.22. The zero-order valence-electron chi connectivity index (χ0n) is 12.3. The Bertz CT molecular complexity index is 602. The molecule has 1 aromatic rings. The van der Waals surface area contributed by atoms with E-state index >= 15 is 0 Å². The van der Waals surface area contributed by atoms with E-state index in [1.54, 1.807) is 20.3 Å². The van der Waals surface area contributed by atoms with Gasteiger partial charge >= 0.3 is 0 Å². The second-order valence-corrected chi connectivity index (χ2v) is 6.98. The third-order valence-electron chi connectivity index (χ3n) is 3.03. The second-order valence-electron chi connectivity index (χ2n) is 4.42. The summed E-state index contributed by atoms with van der Waals surface area (Å²) in [6.07, 6.45) is 0.517. The predicted molar refractivity (Wildman–Crippen MR) is 86.4 cm³/mol. The van der Waals surface area contributed by atoms with Gasteiger partial charge in [0, 0.05) is 6.54 Å². The van der Waals surface area contributed by atoms with Crippen molar-refractivity contribution >= 4 is 27.2 Å². The van der Waals surface area contributed by atoms with Crippen LogP contribution in [0.3, 0.4) is 0 Å². The number of rotatable bonds is 8. The molecule has 0 saturated carbocycles. The number of sulfonamides is 1. The Morgan fingerprint density at radius 1 is 1.33 bits per heavy atom. The van der Waals surface area contributed by atoms with E-state index in [0.29, 0.717) is 17.9 Å². The van der Waals surface area contributed by atoms with Crippen LogP contribution in [0.2, 0.25) is 0 Å². The van der Waals surface area contributed by atoms with Crippen LogP contribution in [0.4, 0.5) is 0 Å². The molecule has 0 fully saturated rings. The van der Waals surface area contributed by atoms with Gasteiger partial charge in [-0.1, -0.05) is 18.3 Å². The molecule has 0 bridgehead atoms. The van der Waals surface area contributed by atoms with Crippen molar-refractivity contribution in [2.75, 3.05) is 20.8 Å². The minimum Gasteiger partial charge on any atom is -0.493 e. The molecule has 0 radical (unpaired) electrons. The summed E-state index contributed by atoms with van der Waals surface area (Å²) >= 11 is 4.70. The Kier molecular flexibility index (Phi) is 6.38. The molecule has 0 heterocycles. The van der Waals surface area contributed by atoms with Crippen molar-refractivity contribution in [2.45, 2.75) is 18.6 Å². The Labute approximate surface area is 130 Å². The number of methoxy groups -OCH3 is 2. The monoisotopic (exact) mass is 332 g/mol. The summed E-state index contributed by atoms with van der Waals surface area (Å²) in [5.41, 5.74) is 6.29. The molecule has 1 atom stereocenters. The summed E-state index contributed by atoms with van der Waals surface area (Å²) in [5.74, 6) is 1.23. The second kappa shape index (κ2) is 7.58. The number of hydrogen-bond donors (Lipinski definition) is 2. The zero-order valence-corrected chi connectivity index (χ0v) is 13.9. The largest absolute Gasteiger partial charge is 0.493 e. The topological polar surface area (TPSA) is 90.7 Å². The molecule has 0 spiro atoms. The van der Waals surface area contributed by atoms with Crippen LogP contribution in [0, 0.1) is 0 Å². The first kappa shape index (κ1) is 17.7. The smallest absolute Gasteiger partial charge is 0.220 e.